The lowest BCUT2D eigenvalue weighted by atomic mass is 9.91. The molecule has 1 aromatic carbocycles. The van der Waals surface area contributed by atoms with Crippen LogP contribution in [0.4, 0.5) is 4.79 Å². The van der Waals surface area contributed by atoms with Crippen molar-refractivity contribution in [1.29, 1.82) is 0 Å². The Hall–Kier alpha value is -2.12. The summed E-state index contributed by atoms with van der Waals surface area (Å²) in [6, 6.07) is 10.3. The number of thiophene rings is 1. The van der Waals surface area contributed by atoms with Crippen LogP contribution in [-0.4, -0.2) is 40.8 Å². The molecule has 1 aliphatic heterocycles. The van der Waals surface area contributed by atoms with Crippen molar-refractivity contribution in [3.8, 4) is 10.4 Å². The second-order valence-corrected chi connectivity index (χ2v) is 7.96. The van der Waals surface area contributed by atoms with Crippen LogP contribution in [0.5, 0.6) is 0 Å². The molecule has 2 heterocycles. The minimum atomic E-state index is -0.234. The Morgan fingerprint density at radius 1 is 1.16 bits per heavy atom. The molecule has 1 N–H and O–H groups in total. The number of amides is 3. The molecule has 1 aromatic heterocycles. The number of imide groups is 1. The van der Waals surface area contributed by atoms with Crippen LogP contribution in [0.15, 0.2) is 30.3 Å². The monoisotopic (exact) mass is 372 g/mol. The van der Waals surface area contributed by atoms with Gasteiger partial charge in [-0.1, -0.05) is 36.0 Å². The first-order valence-electron chi connectivity index (χ1n) is 8.10. The van der Waals surface area contributed by atoms with Crippen LogP contribution in [0.25, 0.3) is 10.4 Å². The van der Waals surface area contributed by atoms with Gasteiger partial charge in [-0.15, -0.1) is 11.3 Å². The van der Waals surface area contributed by atoms with Crippen molar-refractivity contribution in [2.75, 3.05) is 18.8 Å². The quantitative estimate of drug-likeness (QED) is 0.896. The molecule has 4 rings (SSSR count). The first kappa shape index (κ1) is 16.4. The van der Waals surface area contributed by atoms with Gasteiger partial charge in [0, 0.05) is 18.0 Å². The number of hydrogen-bond acceptors (Lipinski definition) is 5. The molecule has 1 aliphatic carbocycles. The van der Waals surface area contributed by atoms with E-state index in [-0.39, 0.29) is 35.9 Å². The van der Waals surface area contributed by atoms with Gasteiger partial charge in [0.05, 0.1) is 10.6 Å². The highest BCUT2D eigenvalue weighted by atomic mass is 32.2. The van der Waals surface area contributed by atoms with Gasteiger partial charge in [0.1, 0.15) is 0 Å². The predicted molar refractivity (Wildman–Crippen MR) is 99.1 cm³/mol. The van der Waals surface area contributed by atoms with E-state index in [1.807, 2.05) is 18.2 Å². The molecule has 25 heavy (non-hydrogen) atoms. The molecule has 0 spiro atoms. The second-order valence-electron chi connectivity index (χ2n) is 5.98. The van der Waals surface area contributed by atoms with Gasteiger partial charge in [-0.25, -0.2) is 0 Å². The SMILES string of the molecule is O=C(NCCN1C(=O)CSC1=O)c1cc2c(s1)-c1ccccc1CC2. The molecule has 0 bridgehead atoms. The summed E-state index contributed by atoms with van der Waals surface area (Å²) in [7, 11) is 0. The number of benzene rings is 1. The molecule has 7 heteroatoms. The number of nitrogens with zero attached hydrogens (tertiary/aromatic N) is 1. The Kier molecular flexibility index (Phi) is 4.35. The molecular weight excluding hydrogens is 356 g/mol. The van der Waals surface area contributed by atoms with E-state index in [4.69, 9.17) is 0 Å². The molecule has 1 saturated heterocycles. The van der Waals surface area contributed by atoms with E-state index in [0.717, 1.165) is 24.6 Å². The summed E-state index contributed by atoms with van der Waals surface area (Å²) >= 11 is 2.51. The van der Waals surface area contributed by atoms with Crippen LogP contribution >= 0.6 is 23.1 Å². The van der Waals surface area contributed by atoms with E-state index in [1.54, 1.807) is 0 Å². The number of hydrogen-bond donors (Lipinski definition) is 1. The van der Waals surface area contributed by atoms with Crippen molar-refractivity contribution in [2.24, 2.45) is 0 Å². The van der Waals surface area contributed by atoms with Crippen LogP contribution < -0.4 is 5.32 Å². The van der Waals surface area contributed by atoms with E-state index >= 15 is 0 Å². The van der Waals surface area contributed by atoms with E-state index in [0.29, 0.717) is 4.88 Å². The zero-order valence-electron chi connectivity index (χ0n) is 13.4. The van der Waals surface area contributed by atoms with Crippen LogP contribution in [0, 0.1) is 0 Å². The standard InChI is InChI=1S/C18H16N2O3S2/c21-15-10-24-18(23)20(15)8-7-19-17(22)14-9-12-6-5-11-3-1-2-4-13(11)16(12)25-14/h1-4,9H,5-8,10H2,(H,19,22). The number of rotatable bonds is 4. The highest BCUT2D eigenvalue weighted by Gasteiger charge is 2.29. The van der Waals surface area contributed by atoms with Crippen molar-refractivity contribution in [3.05, 3.63) is 46.3 Å². The number of nitrogens with one attached hydrogen (secondary N) is 1. The highest BCUT2D eigenvalue weighted by Crippen LogP contribution is 2.39. The fourth-order valence-corrected chi connectivity index (χ4v) is 5.09. The minimum absolute atomic E-state index is 0.149. The van der Waals surface area contributed by atoms with Crippen LogP contribution in [-0.2, 0) is 17.6 Å². The number of carbonyl (C=O) groups excluding carboxylic acids is 3. The summed E-state index contributed by atoms with van der Waals surface area (Å²) in [5.74, 6) is -0.139. The molecule has 0 unspecified atom stereocenters. The third-order valence-electron chi connectivity index (χ3n) is 4.42. The summed E-state index contributed by atoms with van der Waals surface area (Å²) in [6.45, 7) is 0.500. The number of thioether (sulfide) groups is 1. The van der Waals surface area contributed by atoms with Gasteiger partial charge < -0.3 is 5.32 Å². The number of carbonyl (C=O) groups is 3. The van der Waals surface area contributed by atoms with Crippen molar-refractivity contribution in [1.82, 2.24) is 10.2 Å². The van der Waals surface area contributed by atoms with Gasteiger partial charge in [-0.2, -0.15) is 0 Å². The van der Waals surface area contributed by atoms with Gasteiger partial charge in [0.15, 0.2) is 0 Å². The first-order chi connectivity index (χ1) is 12.1. The molecular formula is C18H16N2O3S2. The first-order valence-corrected chi connectivity index (χ1v) is 9.90. The van der Waals surface area contributed by atoms with Crippen LogP contribution in [0.2, 0.25) is 0 Å². The lowest BCUT2D eigenvalue weighted by molar-refractivity contribution is -0.124. The van der Waals surface area contributed by atoms with Crippen LogP contribution in [0.1, 0.15) is 20.8 Å². The summed E-state index contributed by atoms with van der Waals surface area (Å²) < 4.78 is 0. The average Bonchev–Trinajstić information content (AvgIpc) is 3.20. The maximum atomic E-state index is 12.4. The van der Waals surface area contributed by atoms with E-state index < -0.39 is 0 Å². The third kappa shape index (κ3) is 3.09. The van der Waals surface area contributed by atoms with Crippen molar-refractivity contribution >= 4 is 40.2 Å². The second kappa shape index (κ2) is 6.65. The van der Waals surface area contributed by atoms with Gasteiger partial charge in [0.25, 0.3) is 11.1 Å². The largest absolute Gasteiger partial charge is 0.350 e. The van der Waals surface area contributed by atoms with E-state index in [2.05, 4.69) is 17.4 Å². The molecule has 0 radical (unpaired) electrons. The predicted octanol–water partition coefficient (Wildman–Crippen LogP) is 2.94. The van der Waals surface area contributed by atoms with E-state index in [9.17, 15) is 14.4 Å². The fraction of sp³-hybridized carbons (Fsp3) is 0.278. The summed E-state index contributed by atoms with van der Waals surface area (Å²) in [6.07, 6.45) is 1.95. The summed E-state index contributed by atoms with van der Waals surface area (Å²) in [4.78, 5) is 38.6. The number of aryl methyl sites for hydroxylation is 2. The molecule has 2 aromatic rings. The maximum Gasteiger partial charge on any atom is 0.288 e. The van der Waals surface area contributed by atoms with Gasteiger partial charge in [-0.3, -0.25) is 19.3 Å². The Bertz CT molecular complexity index is 859. The van der Waals surface area contributed by atoms with Gasteiger partial charge in [0.2, 0.25) is 5.91 Å². The third-order valence-corrected chi connectivity index (χ3v) is 6.49. The molecule has 5 nitrogen and oxygen atoms in total. The lowest BCUT2D eigenvalue weighted by Crippen LogP contribution is -2.37. The van der Waals surface area contributed by atoms with Crippen molar-refractivity contribution < 1.29 is 14.4 Å². The Labute approximate surface area is 153 Å². The zero-order chi connectivity index (χ0) is 17.4. The molecule has 0 saturated carbocycles. The maximum absolute atomic E-state index is 12.4. The molecule has 1 fully saturated rings. The zero-order valence-corrected chi connectivity index (χ0v) is 15.0. The highest BCUT2D eigenvalue weighted by molar-refractivity contribution is 8.14. The Morgan fingerprint density at radius 2 is 1.96 bits per heavy atom. The molecule has 0 atom stereocenters. The topological polar surface area (TPSA) is 66.5 Å². The normalized spacial score (nSPS) is 15.9. The summed E-state index contributed by atoms with van der Waals surface area (Å²) in [5, 5.41) is 2.58. The summed E-state index contributed by atoms with van der Waals surface area (Å²) in [5.41, 5.74) is 3.76. The Balaban J connectivity index is 1.43. The smallest absolute Gasteiger partial charge is 0.288 e. The van der Waals surface area contributed by atoms with E-state index in [1.165, 1.54) is 37.8 Å². The fourth-order valence-electron chi connectivity index (χ4n) is 3.15. The van der Waals surface area contributed by atoms with Gasteiger partial charge in [-0.05, 0) is 35.6 Å². The number of fused-ring (bicyclic) bond motifs is 3. The molecule has 3 amide bonds. The van der Waals surface area contributed by atoms with Crippen LogP contribution in [0.3, 0.4) is 0 Å². The average molecular weight is 372 g/mol. The van der Waals surface area contributed by atoms with Crippen molar-refractivity contribution in [3.63, 3.8) is 0 Å². The van der Waals surface area contributed by atoms with Crippen molar-refractivity contribution in [2.45, 2.75) is 12.8 Å². The Morgan fingerprint density at radius 3 is 2.76 bits per heavy atom. The minimum Gasteiger partial charge on any atom is -0.350 e. The molecule has 2 aliphatic rings. The lowest BCUT2D eigenvalue weighted by Gasteiger charge is -2.15. The van der Waals surface area contributed by atoms with Gasteiger partial charge >= 0.3 is 0 Å². The molecule has 128 valence electrons.